The molecule has 0 spiro atoms. The quantitative estimate of drug-likeness (QED) is 0.297. The van der Waals surface area contributed by atoms with E-state index in [1.54, 1.807) is 12.3 Å². The minimum atomic E-state index is -0.317. The fourth-order valence-electron chi connectivity index (χ4n) is 3.67. The predicted molar refractivity (Wildman–Crippen MR) is 135 cm³/mol. The zero-order valence-corrected chi connectivity index (χ0v) is 19.5. The molecule has 0 bridgehead atoms. The van der Waals surface area contributed by atoms with Crippen LogP contribution in [-0.2, 0) is 6.42 Å². The number of benzene rings is 2. The summed E-state index contributed by atoms with van der Waals surface area (Å²) < 4.78 is 8.54. The zero-order chi connectivity index (χ0) is 23.7. The number of ether oxygens (including phenoxy) is 1. The number of fused-ring (bicyclic) bond motifs is 2. The number of hydrogen-bond donors (Lipinski definition) is 0. The lowest BCUT2D eigenvalue weighted by atomic mass is 10.1. The van der Waals surface area contributed by atoms with Crippen LogP contribution in [0.15, 0.2) is 71.7 Å². The molecule has 0 saturated heterocycles. The summed E-state index contributed by atoms with van der Waals surface area (Å²) in [5, 5.41) is 10.5. The number of thiazole rings is 1. The minimum absolute atomic E-state index is 0.150. The van der Waals surface area contributed by atoms with Crippen molar-refractivity contribution in [2.24, 2.45) is 0 Å². The molecule has 166 valence electrons. The molecule has 7 heteroatoms. The van der Waals surface area contributed by atoms with Crippen LogP contribution in [-0.4, -0.2) is 14.4 Å². The van der Waals surface area contributed by atoms with Crippen molar-refractivity contribution in [2.45, 2.75) is 20.3 Å². The van der Waals surface area contributed by atoms with E-state index in [1.807, 2.05) is 61.5 Å². The predicted octanol–water partition coefficient (Wildman–Crippen LogP) is 6.03. The maximum atomic E-state index is 13.5. The normalized spacial score (nSPS) is 11.6. The first-order valence-electron chi connectivity index (χ1n) is 10.8. The minimum Gasteiger partial charge on any atom is -0.438 e. The Hall–Kier alpha value is -4.28. The number of allylic oxidation sites excluding steroid dienone is 1. The van der Waals surface area contributed by atoms with Crippen molar-refractivity contribution in [3.8, 4) is 17.7 Å². The van der Waals surface area contributed by atoms with Gasteiger partial charge in [0.2, 0.25) is 5.88 Å². The molecule has 0 saturated carbocycles. The molecule has 5 aromatic rings. The SMILES string of the molecule is CCc1ccc(Oc2nc3c(C)cccn3c(=O)c2/C=C(\C#N)c2nc3ccccc3s2)cc1. The Bertz CT molecular complexity index is 1620. The number of nitrogens with zero attached hydrogens (tertiary/aromatic N) is 4. The molecule has 3 heterocycles. The lowest BCUT2D eigenvalue weighted by molar-refractivity contribution is 0.460. The Morgan fingerprint density at radius 3 is 2.65 bits per heavy atom. The Kier molecular flexibility index (Phi) is 5.66. The van der Waals surface area contributed by atoms with Gasteiger partial charge in [0.15, 0.2) is 0 Å². The van der Waals surface area contributed by atoms with E-state index in [-0.39, 0.29) is 22.6 Å². The van der Waals surface area contributed by atoms with Gasteiger partial charge in [-0.05, 0) is 60.9 Å². The lowest BCUT2D eigenvalue weighted by Crippen LogP contribution is -2.19. The highest BCUT2D eigenvalue weighted by Crippen LogP contribution is 2.30. The van der Waals surface area contributed by atoms with Gasteiger partial charge in [-0.25, -0.2) is 4.98 Å². The first-order valence-corrected chi connectivity index (χ1v) is 11.7. The molecule has 5 rings (SSSR count). The first kappa shape index (κ1) is 21.6. The summed E-state index contributed by atoms with van der Waals surface area (Å²) in [7, 11) is 0. The van der Waals surface area contributed by atoms with Gasteiger partial charge in [-0.1, -0.05) is 37.3 Å². The molecule has 34 heavy (non-hydrogen) atoms. The van der Waals surface area contributed by atoms with Gasteiger partial charge in [-0.3, -0.25) is 9.20 Å². The molecule has 0 aliphatic rings. The van der Waals surface area contributed by atoms with Gasteiger partial charge in [-0.2, -0.15) is 10.2 Å². The molecule has 2 aromatic carbocycles. The van der Waals surface area contributed by atoms with Crippen LogP contribution in [0, 0.1) is 18.3 Å². The summed E-state index contributed by atoms with van der Waals surface area (Å²) in [6.07, 6.45) is 4.10. The van der Waals surface area contributed by atoms with E-state index in [0.717, 1.165) is 22.2 Å². The molecule has 0 unspecified atom stereocenters. The highest BCUT2D eigenvalue weighted by atomic mass is 32.1. The third-order valence-electron chi connectivity index (χ3n) is 5.53. The van der Waals surface area contributed by atoms with E-state index in [2.05, 4.69) is 23.0 Å². The second-order valence-electron chi connectivity index (χ2n) is 7.78. The average molecular weight is 465 g/mol. The molecule has 0 aliphatic heterocycles. The maximum absolute atomic E-state index is 13.5. The van der Waals surface area contributed by atoms with E-state index in [9.17, 15) is 10.1 Å². The first-order chi connectivity index (χ1) is 16.6. The molecule has 0 amide bonds. The van der Waals surface area contributed by atoms with Crippen LogP contribution < -0.4 is 10.3 Å². The van der Waals surface area contributed by atoms with Gasteiger partial charge in [0.05, 0.1) is 15.8 Å². The van der Waals surface area contributed by atoms with Crippen molar-refractivity contribution in [3.05, 3.63) is 98.9 Å². The van der Waals surface area contributed by atoms with Gasteiger partial charge in [0, 0.05) is 6.20 Å². The molecule has 0 fully saturated rings. The van der Waals surface area contributed by atoms with Gasteiger partial charge < -0.3 is 4.74 Å². The van der Waals surface area contributed by atoms with Crippen LogP contribution >= 0.6 is 11.3 Å². The second kappa shape index (κ2) is 8.93. The van der Waals surface area contributed by atoms with Gasteiger partial charge in [0.25, 0.3) is 5.56 Å². The number of para-hydroxylation sites is 1. The van der Waals surface area contributed by atoms with Crippen LogP contribution in [0.3, 0.4) is 0 Å². The molecular weight excluding hydrogens is 444 g/mol. The van der Waals surface area contributed by atoms with E-state index in [4.69, 9.17) is 4.74 Å². The number of aromatic nitrogens is 3. The molecule has 0 radical (unpaired) electrons. The number of nitriles is 1. The van der Waals surface area contributed by atoms with Crippen molar-refractivity contribution in [3.63, 3.8) is 0 Å². The van der Waals surface area contributed by atoms with Crippen molar-refractivity contribution in [1.82, 2.24) is 14.4 Å². The average Bonchev–Trinajstić information content (AvgIpc) is 3.29. The summed E-state index contributed by atoms with van der Waals surface area (Å²) in [6.45, 7) is 3.97. The summed E-state index contributed by atoms with van der Waals surface area (Å²) in [6, 6.07) is 21.2. The molecular formula is C27H20N4O2S. The summed E-state index contributed by atoms with van der Waals surface area (Å²) in [4.78, 5) is 22.8. The van der Waals surface area contributed by atoms with Crippen molar-refractivity contribution < 1.29 is 4.74 Å². The second-order valence-corrected chi connectivity index (χ2v) is 8.81. The third-order valence-corrected chi connectivity index (χ3v) is 6.60. The summed E-state index contributed by atoms with van der Waals surface area (Å²) in [5.74, 6) is 0.715. The van der Waals surface area contributed by atoms with Crippen LogP contribution in [0.25, 0.3) is 27.5 Å². The molecule has 6 nitrogen and oxygen atoms in total. The number of pyridine rings is 1. The van der Waals surface area contributed by atoms with Gasteiger partial charge in [-0.15, -0.1) is 11.3 Å². The van der Waals surface area contributed by atoms with Gasteiger partial charge in [0.1, 0.15) is 28.0 Å². The zero-order valence-electron chi connectivity index (χ0n) is 18.6. The van der Waals surface area contributed by atoms with Crippen LogP contribution in [0.2, 0.25) is 0 Å². The van der Waals surface area contributed by atoms with E-state index >= 15 is 0 Å². The number of hydrogen-bond acceptors (Lipinski definition) is 6. The molecule has 0 atom stereocenters. The summed E-state index contributed by atoms with van der Waals surface area (Å²) in [5.41, 5.74) is 3.48. The highest BCUT2D eigenvalue weighted by Gasteiger charge is 2.17. The Morgan fingerprint density at radius 1 is 1.12 bits per heavy atom. The Morgan fingerprint density at radius 2 is 1.91 bits per heavy atom. The van der Waals surface area contributed by atoms with Crippen LogP contribution in [0.1, 0.15) is 28.6 Å². The number of rotatable bonds is 5. The Labute approximate surface area is 200 Å². The lowest BCUT2D eigenvalue weighted by Gasteiger charge is -2.11. The van der Waals surface area contributed by atoms with Crippen molar-refractivity contribution in [2.75, 3.05) is 0 Å². The molecule has 0 aliphatic carbocycles. The standard InChI is InChI=1S/C27H20N4O2S/c1-3-18-10-12-20(13-11-18)33-25-21(27(32)31-14-6-7-17(2)24(31)30-25)15-19(16-28)26-29-22-8-4-5-9-23(22)34-26/h4-15H,3H2,1-2H3/b19-15+. The topological polar surface area (TPSA) is 80.3 Å². The monoisotopic (exact) mass is 464 g/mol. The van der Waals surface area contributed by atoms with Crippen molar-refractivity contribution in [1.29, 1.82) is 5.26 Å². The fraction of sp³-hybridized carbons (Fsp3) is 0.111. The van der Waals surface area contributed by atoms with E-state index in [0.29, 0.717) is 16.4 Å². The molecule has 0 N–H and O–H groups in total. The summed E-state index contributed by atoms with van der Waals surface area (Å²) >= 11 is 1.40. The highest BCUT2D eigenvalue weighted by molar-refractivity contribution is 7.19. The third kappa shape index (κ3) is 3.96. The van der Waals surface area contributed by atoms with Gasteiger partial charge >= 0.3 is 0 Å². The smallest absolute Gasteiger partial charge is 0.269 e. The Balaban J connectivity index is 1.70. The fourth-order valence-corrected chi connectivity index (χ4v) is 4.60. The van der Waals surface area contributed by atoms with Crippen LogP contribution in [0.5, 0.6) is 11.6 Å². The maximum Gasteiger partial charge on any atom is 0.269 e. The largest absolute Gasteiger partial charge is 0.438 e. The van der Waals surface area contributed by atoms with E-state index in [1.165, 1.54) is 27.4 Å². The number of aryl methyl sites for hydroxylation is 2. The van der Waals surface area contributed by atoms with E-state index < -0.39 is 0 Å². The van der Waals surface area contributed by atoms with Crippen molar-refractivity contribution >= 4 is 38.8 Å². The van der Waals surface area contributed by atoms with Crippen LogP contribution in [0.4, 0.5) is 0 Å². The molecule has 3 aromatic heterocycles.